The SMILES string of the molecule is CCc1ccc(Nc2c(-c3cccc(OC)c3)c(C(C)(C)C)nn2C)c(C(=O)O)c1. The zero-order valence-corrected chi connectivity index (χ0v) is 18.4. The zero-order valence-electron chi connectivity index (χ0n) is 18.4. The summed E-state index contributed by atoms with van der Waals surface area (Å²) in [5.41, 5.74) is 4.35. The van der Waals surface area contributed by atoms with Crippen molar-refractivity contribution in [2.45, 2.75) is 39.5 Å². The van der Waals surface area contributed by atoms with Crippen molar-refractivity contribution in [3.8, 4) is 16.9 Å². The topological polar surface area (TPSA) is 76.4 Å². The van der Waals surface area contributed by atoms with Gasteiger partial charge in [0.15, 0.2) is 0 Å². The highest BCUT2D eigenvalue weighted by Crippen LogP contribution is 2.40. The first kappa shape index (κ1) is 21.4. The largest absolute Gasteiger partial charge is 0.497 e. The van der Waals surface area contributed by atoms with E-state index in [0.29, 0.717) is 5.69 Å². The van der Waals surface area contributed by atoms with Gasteiger partial charge in [-0.1, -0.05) is 45.9 Å². The summed E-state index contributed by atoms with van der Waals surface area (Å²) in [6.07, 6.45) is 0.773. The molecule has 0 aliphatic carbocycles. The second kappa shape index (κ2) is 8.22. The molecule has 0 amide bonds. The number of nitrogens with one attached hydrogen (secondary N) is 1. The standard InChI is InChI=1S/C24H29N3O3/c1-7-15-11-12-19(18(13-15)23(28)29)25-22-20(16-9-8-10-17(14-16)30-6)21(24(2,3)4)26-27(22)5/h8-14,25H,7H2,1-6H3,(H,28,29). The Hall–Kier alpha value is -3.28. The average Bonchev–Trinajstić information content (AvgIpc) is 3.04. The summed E-state index contributed by atoms with van der Waals surface area (Å²) < 4.78 is 7.19. The number of hydrogen-bond acceptors (Lipinski definition) is 4. The van der Waals surface area contributed by atoms with Crippen LogP contribution in [-0.4, -0.2) is 28.0 Å². The van der Waals surface area contributed by atoms with E-state index < -0.39 is 5.97 Å². The molecule has 2 N–H and O–H groups in total. The minimum atomic E-state index is -0.964. The minimum Gasteiger partial charge on any atom is -0.497 e. The number of aryl methyl sites for hydroxylation is 2. The molecule has 3 aromatic rings. The van der Waals surface area contributed by atoms with Gasteiger partial charge in [-0.25, -0.2) is 4.79 Å². The zero-order chi connectivity index (χ0) is 22.1. The molecule has 6 nitrogen and oxygen atoms in total. The van der Waals surface area contributed by atoms with Crippen LogP contribution in [-0.2, 0) is 18.9 Å². The van der Waals surface area contributed by atoms with Crippen LogP contribution in [0.25, 0.3) is 11.1 Å². The number of aromatic nitrogens is 2. The average molecular weight is 408 g/mol. The first-order valence-corrected chi connectivity index (χ1v) is 10.0. The lowest BCUT2D eigenvalue weighted by atomic mass is 9.87. The normalized spacial score (nSPS) is 11.4. The molecule has 3 rings (SSSR count). The number of carboxylic acid groups (broad SMARTS) is 1. The van der Waals surface area contributed by atoms with Crippen molar-refractivity contribution >= 4 is 17.5 Å². The van der Waals surface area contributed by atoms with Gasteiger partial charge in [-0.15, -0.1) is 0 Å². The van der Waals surface area contributed by atoms with E-state index in [1.165, 1.54) is 0 Å². The molecular formula is C24H29N3O3. The molecule has 6 heteroatoms. The van der Waals surface area contributed by atoms with Gasteiger partial charge in [0.05, 0.1) is 24.1 Å². The Morgan fingerprint density at radius 2 is 1.93 bits per heavy atom. The van der Waals surface area contributed by atoms with Crippen LogP contribution in [0.2, 0.25) is 0 Å². The van der Waals surface area contributed by atoms with Crippen molar-refractivity contribution in [1.29, 1.82) is 0 Å². The number of benzene rings is 2. The molecule has 0 atom stereocenters. The maximum Gasteiger partial charge on any atom is 0.337 e. The van der Waals surface area contributed by atoms with Gasteiger partial charge in [-0.3, -0.25) is 4.68 Å². The van der Waals surface area contributed by atoms with E-state index in [1.54, 1.807) is 17.9 Å². The van der Waals surface area contributed by atoms with Gasteiger partial charge < -0.3 is 15.2 Å². The second-order valence-corrected chi connectivity index (χ2v) is 8.34. The minimum absolute atomic E-state index is 0.211. The highest BCUT2D eigenvalue weighted by molar-refractivity contribution is 5.96. The molecule has 0 saturated heterocycles. The Bertz CT molecular complexity index is 1080. The van der Waals surface area contributed by atoms with Crippen molar-refractivity contribution in [3.63, 3.8) is 0 Å². The van der Waals surface area contributed by atoms with Crippen molar-refractivity contribution < 1.29 is 14.6 Å². The van der Waals surface area contributed by atoms with Crippen LogP contribution in [0.5, 0.6) is 5.75 Å². The van der Waals surface area contributed by atoms with Gasteiger partial charge in [-0.05, 0) is 41.8 Å². The fraction of sp³-hybridized carbons (Fsp3) is 0.333. The van der Waals surface area contributed by atoms with E-state index in [0.717, 1.165) is 40.4 Å². The molecule has 0 bridgehead atoms. The summed E-state index contributed by atoms with van der Waals surface area (Å²) in [7, 11) is 3.50. The first-order chi connectivity index (χ1) is 14.2. The number of rotatable bonds is 6. The first-order valence-electron chi connectivity index (χ1n) is 10.0. The lowest BCUT2D eigenvalue weighted by molar-refractivity contribution is 0.0698. The van der Waals surface area contributed by atoms with E-state index in [-0.39, 0.29) is 11.0 Å². The maximum absolute atomic E-state index is 11.9. The number of ether oxygens (including phenoxy) is 1. The van der Waals surface area contributed by atoms with E-state index >= 15 is 0 Å². The predicted molar refractivity (Wildman–Crippen MR) is 120 cm³/mol. The summed E-state index contributed by atoms with van der Waals surface area (Å²) >= 11 is 0. The summed E-state index contributed by atoms with van der Waals surface area (Å²) in [4.78, 5) is 11.9. The third-order valence-electron chi connectivity index (χ3n) is 5.09. The highest BCUT2D eigenvalue weighted by atomic mass is 16.5. The van der Waals surface area contributed by atoms with Gasteiger partial charge in [0.25, 0.3) is 0 Å². The summed E-state index contributed by atoms with van der Waals surface area (Å²) in [6, 6.07) is 13.3. The molecule has 30 heavy (non-hydrogen) atoms. The van der Waals surface area contributed by atoms with E-state index in [4.69, 9.17) is 9.84 Å². The lowest BCUT2D eigenvalue weighted by Crippen LogP contribution is -2.13. The summed E-state index contributed by atoms with van der Waals surface area (Å²) in [5, 5.41) is 17.9. The van der Waals surface area contributed by atoms with Gasteiger partial charge in [-0.2, -0.15) is 5.10 Å². The molecular weight excluding hydrogens is 378 g/mol. The number of aromatic carboxylic acids is 1. The van der Waals surface area contributed by atoms with Crippen LogP contribution in [0.1, 0.15) is 49.3 Å². The third-order valence-corrected chi connectivity index (χ3v) is 5.09. The molecule has 0 aliphatic heterocycles. The van der Waals surface area contributed by atoms with Gasteiger partial charge >= 0.3 is 5.97 Å². The smallest absolute Gasteiger partial charge is 0.337 e. The predicted octanol–water partition coefficient (Wildman–Crippen LogP) is 5.40. The maximum atomic E-state index is 11.9. The molecule has 0 saturated carbocycles. The van der Waals surface area contributed by atoms with E-state index in [1.807, 2.05) is 50.4 Å². The van der Waals surface area contributed by atoms with Crippen LogP contribution >= 0.6 is 0 Å². The van der Waals surface area contributed by atoms with Crippen LogP contribution in [0, 0.1) is 0 Å². The quantitative estimate of drug-likeness (QED) is 0.572. The summed E-state index contributed by atoms with van der Waals surface area (Å²) in [5.74, 6) is 0.523. The Balaban J connectivity index is 2.21. The molecule has 1 heterocycles. The number of methoxy groups -OCH3 is 1. The third kappa shape index (κ3) is 4.17. The highest BCUT2D eigenvalue weighted by Gasteiger charge is 2.28. The molecule has 0 unspecified atom stereocenters. The number of nitrogens with zero attached hydrogens (tertiary/aromatic N) is 2. The molecule has 0 spiro atoms. The Kier molecular flexibility index (Phi) is 5.87. The summed E-state index contributed by atoms with van der Waals surface area (Å²) in [6.45, 7) is 8.34. The molecule has 0 radical (unpaired) electrons. The van der Waals surface area contributed by atoms with E-state index in [9.17, 15) is 9.90 Å². The van der Waals surface area contributed by atoms with Crippen LogP contribution in [0.15, 0.2) is 42.5 Å². The molecule has 0 fully saturated rings. The Labute approximate surface area is 177 Å². The van der Waals surface area contributed by atoms with Crippen molar-refractivity contribution in [3.05, 3.63) is 59.3 Å². The second-order valence-electron chi connectivity index (χ2n) is 8.34. The number of carbonyl (C=O) groups is 1. The fourth-order valence-electron chi connectivity index (χ4n) is 3.47. The monoisotopic (exact) mass is 407 g/mol. The molecule has 1 aromatic heterocycles. The molecule has 0 aliphatic rings. The van der Waals surface area contributed by atoms with Crippen molar-refractivity contribution in [2.75, 3.05) is 12.4 Å². The van der Waals surface area contributed by atoms with Crippen molar-refractivity contribution in [1.82, 2.24) is 9.78 Å². The van der Waals surface area contributed by atoms with Crippen LogP contribution in [0.4, 0.5) is 11.5 Å². The van der Waals surface area contributed by atoms with Crippen LogP contribution < -0.4 is 10.1 Å². The van der Waals surface area contributed by atoms with E-state index in [2.05, 4.69) is 26.1 Å². The lowest BCUT2D eigenvalue weighted by Gasteiger charge is -2.19. The fourth-order valence-corrected chi connectivity index (χ4v) is 3.47. The molecule has 2 aromatic carbocycles. The van der Waals surface area contributed by atoms with Crippen molar-refractivity contribution in [2.24, 2.45) is 7.05 Å². The number of carboxylic acids is 1. The Morgan fingerprint density at radius 3 is 2.53 bits per heavy atom. The molecule has 158 valence electrons. The Morgan fingerprint density at radius 1 is 1.20 bits per heavy atom. The van der Waals surface area contributed by atoms with Crippen LogP contribution in [0.3, 0.4) is 0 Å². The number of anilines is 2. The van der Waals surface area contributed by atoms with Gasteiger partial charge in [0.1, 0.15) is 11.6 Å². The number of hydrogen-bond donors (Lipinski definition) is 2. The van der Waals surface area contributed by atoms with Gasteiger partial charge in [0, 0.05) is 18.0 Å². The van der Waals surface area contributed by atoms with Gasteiger partial charge in [0.2, 0.25) is 0 Å².